The van der Waals surface area contributed by atoms with Gasteiger partial charge in [0.1, 0.15) is 11.6 Å². The highest BCUT2D eigenvalue weighted by atomic mass is 19.1. The number of hydrogen-bond acceptors (Lipinski definition) is 2. The molecule has 2 nitrogen and oxygen atoms in total. The fourth-order valence-corrected chi connectivity index (χ4v) is 2.52. The fraction of sp³-hybridized carbons (Fsp3) is 0.333. The van der Waals surface area contributed by atoms with Crippen LogP contribution in [0.2, 0.25) is 0 Å². The van der Waals surface area contributed by atoms with Crippen LogP contribution in [-0.2, 0) is 5.41 Å². The number of halogens is 2. The Bertz CT molecular complexity index is 470. The van der Waals surface area contributed by atoms with Crippen molar-refractivity contribution in [2.45, 2.75) is 5.41 Å². The standard InChI is InChI=1S/C12H12F2N2/c13-8-4-9-11(10(14)5-8)16-7-12(9)2-1-3-15-6-12/h1-2,4-5,15-16H,3,6-7H2/t12-/m0/s1. The summed E-state index contributed by atoms with van der Waals surface area (Å²) in [5, 5.41) is 6.25. The molecule has 16 heavy (non-hydrogen) atoms. The maximum Gasteiger partial charge on any atom is 0.149 e. The number of fused-ring (bicyclic) bond motifs is 2. The van der Waals surface area contributed by atoms with E-state index in [9.17, 15) is 8.78 Å². The minimum absolute atomic E-state index is 0.295. The molecule has 3 rings (SSSR count). The molecule has 0 amide bonds. The molecule has 0 bridgehead atoms. The quantitative estimate of drug-likeness (QED) is 0.654. The van der Waals surface area contributed by atoms with E-state index in [1.807, 2.05) is 12.2 Å². The summed E-state index contributed by atoms with van der Waals surface area (Å²) in [6.45, 7) is 2.15. The zero-order valence-corrected chi connectivity index (χ0v) is 8.69. The van der Waals surface area contributed by atoms with Gasteiger partial charge in [-0.15, -0.1) is 0 Å². The Labute approximate surface area is 92.4 Å². The average molecular weight is 222 g/mol. The fourth-order valence-electron chi connectivity index (χ4n) is 2.52. The summed E-state index contributed by atoms with van der Waals surface area (Å²) < 4.78 is 26.8. The first-order chi connectivity index (χ1) is 7.71. The van der Waals surface area contributed by atoms with Gasteiger partial charge in [-0.3, -0.25) is 0 Å². The number of nitrogens with one attached hydrogen (secondary N) is 2. The van der Waals surface area contributed by atoms with Gasteiger partial charge in [0, 0.05) is 31.1 Å². The first kappa shape index (κ1) is 9.78. The van der Waals surface area contributed by atoms with Gasteiger partial charge >= 0.3 is 0 Å². The van der Waals surface area contributed by atoms with E-state index in [1.54, 1.807) is 0 Å². The van der Waals surface area contributed by atoms with Crippen LogP contribution in [0.5, 0.6) is 0 Å². The lowest BCUT2D eigenvalue weighted by atomic mass is 9.80. The predicted molar refractivity (Wildman–Crippen MR) is 58.5 cm³/mol. The molecule has 1 spiro atoms. The molecule has 84 valence electrons. The summed E-state index contributed by atoms with van der Waals surface area (Å²) in [6.07, 6.45) is 4.05. The lowest BCUT2D eigenvalue weighted by molar-refractivity contribution is 0.507. The van der Waals surface area contributed by atoms with Gasteiger partial charge in [-0.2, -0.15) is 0 Å². The van der Waals surface area contributed by atoms with Gasteiger partial charge in [0.15, 0.2) is 0 Å². The van der Waals surface area contributed by atoms with Gasteiger partial charge in [-0.1, -0.05) is 12.2 Å². The van der Waals surface area contributed by atoms with Gasteiger partial charge in [0.2, 0.25) is 0 Å². The smallest absolute Gasteiger partial charge is 0.149 e. The first-order valence-corrected chi connectivity index (χ1v) is 5.33. The minimum atomic E-state index is -0.515. The third-order valence-electron chi connectivity index (χ3n) is 3.31. The van der Waals surface area contributed by atoms with Crippen molar-refractivity contribution in [3.05, 3.63) is 41.5 Å². The second-order valence-corrected chi connectivity index (χ2v) is 4.35. The van der Waals surface area contributed by atoms with Crippen molar-refractivity contribution in [1.29, 1.82) is 0 Å². The van der Waals surface area contributed by atoms with Gasteiger partial charge in [-0.05, 0) is 11.6 Å². The van der Waals surface area contributed by atoms with E-state index < -0.39 is 11.6 Å². The van der Waals surface area contributed by atoms with Crippen molar-refractivity contribution >= 4 is 5.69 Å². The topological polar surface area (TPSA) is 24.1 Å². The van der Waals surface area contributed by atoms with Crippen LogP contribution in [0.1, 0.15) is 5.56 Å². The lowest BCUT2D eigenvalue weighted by Gasteiger charge is -2.29. The van der Waals surface area contributed by atoms with Crippen LogP contribution in [0.15, 0.2) is 24.3 Å². The second kappa shape index (κ2) is 3.28. The van der Waals surface area contributed by atoms with Gasteiger partial charge in [0.05, 0.1) is 5.69 Å². The molecule has 0 saturated carbocycles. The van der Waals surface area contributed by atoms with Crippen LogP contribution in [0, 0.1) is 11.6 Å². The second-order valence-electron chi connectivity index (χ2n) is 4.35. The number of anilines is 1. The molecular formula is C12H12F2N2. The van der Waals surface area contributed by atoms with Crippen molar-refractivity contribution in [2.75, 3.05) is 25.0 Å². The molecule has 0 saturated heterocycles. The molecule has 4 heteroatoms. The van der Waals surface area contributed by atoms with Crippen LogP contribution in [0.25, 0.3) is 0 Å². The monoisotopic (exact) mass is 222 g/mol. The number of rotatable bonds is 0. The largest absolute Gasteiger partial charge is 0.381 e. The van der Waals surface area contributed by atoms with E-state index in [0.29, 0.717) is 24.3 Å². The molecule has 0 radical (unpaired) electrons. The molecule has 1 aromatic carbocycles. The molecule has 0 unspecified atom stereocenters. The summed E-state index contributed by atoms with van der Waals surface area (Å²) in [5.41, 5.74) is 0.861. The predicted octanol–water partition coefficient (Wildman–Crippen LogP) is 1.79. The Kier molecular flexibility index (Phi) is 2.01. The maximum absolute atomic E-state index is 13.5. The van der Waals surface area contributed by atoms with Gasteiger partial charge in [0.25, 0.3) is 0 Å². The molecule has 2 heterocycles. The van der Waals surface area contributed by atoms with E-state index in [-0.39, 0.29) is 5.41 Å². The van der Waals surface area contributed by atoms with Crippen LogP contribution in [-0.4, -0.2) is 19.6 Å². The van der Waals surface area contributed by atoms with Gasteiger partial charge in [-0.25, -0.2) is 8.78 Å². The molecule has 0 aliphatic carbocycles. The highest BCUT2D eigenvalue weighted by Gasteiger charge is 2.39. The van der Waals surface area contributed by atoms with Gasteiger partial charge < -0.3 is 10.6 Å². The Morgan fingerprint density at radius 3 is 2.81 bits per heavy atom. The normalized spacial score (nSPS) is 26.9. The Morgan fingerprint density at radius 1 is 1.19 bits per heavy atom. The van der Waals surface area contributed by atoms with Crippen LogP contribution in [0.3, 0.4) is 0 Å². The van der Waals surface area contributed by atoms with Crippen molar-refractivity contribution in [3.8, 4) is 0 Å². The SMILES string of the molecule is Fc1cc(F)c2c(c1)[C@]1(C=CCNC1)CN2. The van der Waals surface area contributed by atoms with E-state index in [0.717, 1.165) is 12.6 Å². The zero-order chi connectivity index (χ0) is 11.2. The molecule has 2 aliphatic rings. The minimum Gasteiger partial charge on any atom is -0.381 e. The van der Waals surface area contributed by atoms with Crippen LogP contribution < -0.4 is 10.6 Å². The van der Waals surface area contributed by atoms with Crippen molar-refractivity contribution in [1.82, 2.24) is 5.32 Å². The number of hydrogen-bond donors (Lipinski definition) is 2. The van der Waals surface area contributed by atoms with Crippen molar-refractivity contribution < 1.29 is 8.78 Å². The van der Waals surface area contributed by atoms with E-state index in [4.69, 9.17) is 0 Å². The first-order valence-electron chi connectivity index (χ1n) is 5.33. The third-order valence-corrected chi connectivity index (χ3v) is 3.31. The molecule has 1 aromatic rings. The molecule has 2 N–H and O–H groups in total. The van der Waals surface area contributed by atoms with E-state index >= 15 is 0 Å². The third kappa shape index (κ3) is 1.26. The van der Waals surface area contributed by atoms with E-state index in [1.165, 1.54) is 6.07 Å². The molecule has 0 aromatic heterocycles. The maximum atomic E-state index is 13.5. The molecule has 0 fully saturated rings. The van der Waals surface area contributed by atoms with E-state index in [2.05, 4.69) is 10.6 Å². The summed E-state index contributed by atoms with van der Waals surface area (Å²) in [7, 11) is 0. The highest BCUT2D eigenvalue weighted by molar-refractivity contribution is 5.63. The molecular weight excluding hydrogens is 210 g/mol. The summed E-state index contributed by atoms with van der Waals surface area (Å²) in [5.74, 6) is -1.02. The Morgan fingerprint density at radius 2 is 2.06 bits per heavy atom. The number of benzene rings is 1. The van der Waals surface area contributed by atoms with Crippen molar-refractivity contribution in [3.63, 3.8) is 0 Å². The van der Waals surface area contributed by atoms with Crippen LogP contribution >= 0.6 is 0 Å². The summed E-state index contributed by atoms with van der Waals surface area (Å²) in [4.78, 5) is 0. The van der Waals surface area contributed by atoms with Crippen molar-refractivity contribution in [2.24, 2.45) is 0 Å². The Balaban J connectivity index is 2.17. The lowest BCUT2D eigenvalue weighted by Crippen LogP contribution is -2.41. The zero-order valence-electron chi connectivity index (χ0n) is 8.69. The molecule has 2 aliphatic heterocycles. The highest BCUT2D eigenvalue weighted by Crippen LogP contribution is 2.40. The average Bonchev–Trinajstić information content (AvgIpc) is 2.59. The van der Waals surface area contributed by atoms with Crippen LogP contribution in [0.4, 0.5) is 14.5 Å². The Hall–Kier alpha value is -1.42. The summed E-state index contributed by atoms with van der Waals surface area (Å²) in [6, 6.07) is 2.35. The molecule has 1 atom stereocenters. The summed E-state index contributed by atoms with van der Waals surface area (Å²) >= 11 is 0.